The number of nitrogens with one attached hydrogen (secondary N) is 2. The van der Waals surface area contributed by atoms with Gasteiger partial charge in [-0.05, 0) is 44.5 Å². The Bertz CT molecular complexity index is 614. The van der Waals surface area contributed by atoms with Gasteiger partial charge >= 0.3 is 0 Å². The highest BCUT2D eigenvalue weighted by Gasteiger charge is 2.04. The van der Waals surface area contributed by atoms with E-state index in [1.54, 1.807) is 0 Å². The van der Waals surface area contributed by atoms with Crippen molar-refractivity contribution < 1.29 is 9.47 Å². The van der Waals surface area contributed by atoms with Gasteiger partial charge in [-0.25, -0.2) is 0 Å². The maximum atomic E-state index is 5.81. The van der Waals surface area contributed by atoms with Crippen molar-refractivity contribution in [3.8, 4) is 11.5 Å². The molecule has 0 spiro atoms. The molecule has 0 unspecified atom stereocenters. The first-order valence-corrected chi connectivity index (χ1v) is 8.65. The number of para-hydroxylation sites is 2. The third kappa shape index (κ3) is 6.03. The highest BCUT2D eigenvalue weighted by atomic mass is 16.5. The molecule has 4 nitrogen and oxygen atoms in total. The van der Waals surface area contributed by atoms with Gasteiger partial charge in [0, 0.05) is 24.8 Å². The summed E-state index contributed by atoms with van der Waals surface area (Å²) >= 11 is 0. The summed E-state index contributed by atoms with van der Waals surface area (Å²) in [5.74, 6) is 1.80. The first-order chi connectivity index (χ1) is 11.7. The van der Waals surface area contributed by atoms with E-state index in [4.69, 9.17) is 9.47 Å². The Morgan fingerprint density at radius 2 is 1.75 bits per heavy atom. The standard InChI is InChI=1S/C20H28N2O2/c1-4-14-23-18-9-7-8-17(15-18)21-12-13-22-19-10-5-6-11-20(19)24-16(2)3/h5-11,15-16,21-22H,4,12-14H2,1-3H3. The van der Waals surface area contributed by atoms with Crippen LogP contribution >= 0.6 is 0 Å². The van der Waals surface area contributed by atoms with Gasteiger partial charge in [-0.2, -0.15) is 0 Å². The topological polar surface area (TPSA) is 42.5 Å². The molecule has 0 saturated carbocycles. The van der Waals surface area contributed by atoms with Gasteiger partial charge in [0.05, 0.1) is 18.4 Å². The van der Waals surface area contributed by atoms with Crippen LogP contribution in [0.15, 0.2) is 48.5 Å². The lowest BCUT2D eigenvalue weighted by Crippen LogP contribution is -2.15. The average Bonchev–Trinajstić information content (AvgIpc) is 2.58. The summed E-state index contributed by atoms with van der Waals surface area (Å²) in [6.07, 6.45) is 1.18. The molecule has 0 aliphatic heterocycles. The van der Waals surface area contributed by atoms with E-state index in [1.165, 1.54) is 0 Å². The van der Waals surface area contributed by atoms with Gasteiger partial charge in [0.2, 0.25) is 0 Å². The van der Waals surface area contributed by atoms with E-state index in [0.29, 0.717) is 0 Å². The molecule has 2 aromatic rings. The Balaban J connectivity index is 1.81. The van der Waals surface area contributed by atoms with E-state index >= 15 is 0 Å². The number of ether oxygens (including phenoxy) is 2. The molecule has 0 atom stereocenters. The molecule has 0 fully saturated rings. The summed E-state index contributed by atoms with van der Waals surface area (Å²) in [4.78, 5) is 0. The monoisotopic (exact) mass is 328 g/mol. The number of anilines is 2. The summed E-state index contributed by atoms with van der Waals surface area (Å²) in [6.45, 7) is 8.54. The molecule has 0 bridgehead atoms. The molecule has 24 heavy (non-hydrogen) atoms. The lowest BCUT2D eigenvalue weighted by Gasteiger charge is -2.16. The fourth-order valence-corrected chi connectivity index (χ4v) is 2.29. The molecule has 0 heterocycles. The van der Waals surface area contributed by atoms with Crippen LogP contribution in [0.3, 0.4) is 0 Å². The highest BCUT2D eigenvalue weighted by molar-refractivity contribution is 5.56. The predicted octanol–water partition coefficient (Wildman–Crippen LogP) is 4.79. The van der Waals surface area contributed by atoms with Gasteiger partial charge in [-0.1, -0.05) is 25.1 Å². The smallest absolute Gasteiger partial charge is 0.142 e. The molecule has 2 rings (SSSR count). The van der Waals surface area contributed by atoms with Crippen LogP contribution in [0, 0.1) is 0 Å². The second-order valence-corrected chi connectivity index (χ2v) is 5.89. The molecule has 4 heteroatoms. The number of benzene rings is 2. The third-order valence-corrected chi connectivity index (χ3v) is 3.33. The zero-order valence-corrected chi connectivity index (χ0v) is 14.8. The third-order valence-electron chi connectivity index (χ3n) is 3.33. The normalized spacial score (nSPS) is 10.5. The van der Waals surface area contributed by atoms with Crippen molar-refractivity contribution in [3.63, 3.8) is 0 Å². The Hall–Kier alpha value is -2.36. The molecule has 0 saturated heterocycles. The van der Waals surface area contributed by atoms with Crippen LogP contribution in [-0.2, 0) is 0 Å². The quantitative estimate of drug-likeness (QED) is 0.616. The summed E-state index contributed by atoms with van der Waals surface area (Å²) in [5.41, 5.74) is 2.09. The minimum Gasteiger partial charge on any atom is -0.494 e. The van der Waals surface area contributed by atoms with E-state index in [9.17, 15) is 0 Å². The Morgan fingerprint density at radius 3 is 2.54 bits per heavy atom. The lowest BCUT2D eigenvalue weighted by molar-refractivity contribution is 0.243. The maximum absolute atomic E-state index is 5.81. The van der Waals surface area contributed by atoms with E-state index < -0.39 is 0 Å². The average molecular weight is 328 g/mol. The van der Waals surface area contributed by atoms with Gasteiger partial charge in [0.15, 0.2) is 0 Å². The van der Waals surface area contributed by atoms with E-state index in [2.05, 4.69) is 23.6 Å². The molecule has 0 aliphatic rings. The zero-order valence-electron chi connectivity index (χ0n) is 14.8. The summed E-state index contributed by atoms with van der Waals surface area (Å²) in [6, 6.07) is 16.1. The van der Waals surface area contributed by atoms with Gasteiger partial charge < -0.3 is 20.1 Å². The first kappa shape index (κ1) is 18.0. The second kappa shape index (κ2) is 9.71. The molecular weight excluding hydrogens is 300 g/mol. The van der Waals surface area contributed by atoms with Crippen LogP contribution in [0.25, 0.3) is 0 Å². The van der Waals surface area contributed by atoms with Crippen LogP contribution in [0.5, 0.6) is 11.5 Å². The Morgan fingerprint density at radius 1 is 0.958 bits per heavy atom. The molecule has 130 valence electrons. The van der Waals surface area contributed by atoms with Crippen molar-refractivity contribution in [1.29, 1.82) is 0 Å². The van der Waals surface area contributed by atoms with Crippen molar-refractivity contribution >= 4 is 11.4 Å². The van der Waals surface area contributed by atoms with Crippen LogP contribution in [-0.4, -0.2) is 25.8 Å². The Labute approximate surface area is 145 Å². The van der Waals surface area contributed by atoms with Crippen LogP contribution < -0.4 is 20.1 Å². The number of hydrogen-bond donors (Lipinski definition) is 2. The highest BCUT2D eigenvalue weighted by Crippen LogP contribution is 2.24. The molecule has 0 radical (unpaired) electrons. The molecule has 2 aromatic carbocycles. The van der Waals surface area contributed by atoms with Crippen molar-refractivity contribution in [3.05, 3.63) is 48.5 Å². The predicted molar refractivity (Wildman–Crippen MR) is 101 cm³/mol. The number of hydrogen-bond acceptors (Lipinski definition) is 4. The van der Waals surface area contributed by atoms with Gasteiger partial charge in [-0.3, -0.25) is 0 Å². The lowest BCUT2D eigenvalue weighted by atomic mass is 10.2. The van der Waals surface area contributed by atoms with Gasteiger partial charge in [0.25, 0.3) is 0 Å². The minimum absolute atomic E-state index is 0.164. The first-order valence-electron chi connectivity index (χ1n) is 8.65. The Kier molecular flexibility index (Phi) is 7.27. The summed E-state index contributed by atoms with van der Waals surface area (Å²) in [7, 11) is 0. The van der Waals surface area contributed by atoms with Gasteiger partial charge in [-0.15, -0.1) is 0 Å². The summed E-state index contributed by atoms with van der Waals surface area (Å²) in [5, 5.41) is 6.83. The zero-order chi connectivity index (χ0) is 17.2. The van der Waals surface area contributed by atoms with Crippen LogP contribution in [0.2, 0.25) is 0 Å². The minimum atomic E-state index is 0.164. The van der Waals surface area contributed by atoms with Crippen molar-refractivity contribution in [2.75, 3.05) is 30.3 Å². The van der Waals surface area contributed by atoms with Crippen molar-refractivity contribution in [2.45, 2.75) is 33.3 Å². The van der Waals surface area contributed by atoms with Crippen molar-refractivity contribution in [2.24, 2.45) is 0 Å². The van der Waals surface area contributed by atoms with E-state index in [1.807, 2.05) is 56.3 Å². The van der Waals surface area contributed by atoms with Crippen LogP contribution in [0.1, 0.15) is 27.2 Å². The fraction of sp³-hybridized carbons (Fsp3) is 0.400. The van der Waals surface area contributed by atoms with E-state index in [0.717, 1.165) is 49.0 Å². The molecule has 0 amide bonds. The van der Waals surface area contributed by atoms with Crippen molar-refractivity contribution in [1.82, 2.24) is 0 Å². The second-order valence-electron chi connectivity index (χ2n) is 5.89. The largest absolute Gasteiger partial charge is 0.494 e. The molecule has 2 N–H and O–H groups in total. The van der Waals surface area contributed by atoms with E-state index in [-0.39, 0.29) is 6.10 Å². The summed E-state index contributed by atoms with van der Waals surface area (Å²) < 4.78 is 11.5. The fourth-order valence-electron chi connectivity index (χ4n) is 2.29. The molecule has 0 aliphatic carbocycles. The molecular formula is C20H28N2O2. The van der Waals surface area contributed by atoms with Crippen LogP contribution in [0.4, 0.5) is 11.4 Å². The number of rotatable bonds is 10. The SMILES string of the molecule is CCCOc1cccc(NCCNc2ccccc2OC(C)C)c1. The van der Waals surface area contributed by atoms with Gasteiger partial charge in [0.1, 0.15) is 11.5 Å². The maximum Gasteiger partial charge on any atom is 0.142 e. The molecule has 0 aromatic heterocycles.